The number of rotatable bonds is 4. The first-order valence-electron chi connectivity index (χ1n) is 7.63. The van der Waals surface area contributed by atoms with Crippen molar-refractivity contribution in [3.63, 3.8) is 0 Å². The molecule has 0 saturated heterocycles. The van der Waals surface area contributed by atoms with Crippen molar-refractivity contribution in [2.24, 2.45) is 5.73 Å². The second-order valence-electron chi connectivity index (χ2n) is 5.35. The average molecular weight is 403 g/mol. The SMILES string of the molecule is NCc1cnc(Nc2nccc3nc(-c4c(Cl)cccc4Cl)sc23)cn1. The molecule has 26 heavy (non-hydrogen) atoms. The van der Waals surface area contributed by atoms with Gasteiger partial charge in [-0.3, -0.25) is 4.98 Å². The van der Waals surface area contributed by atoms with Gasteiger partial charge >= 0.3 is 0 Å². The highest BCUT2D eigenvalue weighted by Gasteiger charge is 2.16. The van der Waals surface area contributed by atoms with Crippen LogP contribution in [-0.2, 0) is 6.54 Å². The van der Waals surface area contributed by atoms with Crippen molar-refractivity contribution >= 4 is 56.4 Å². The standard InChI is InChI=1S/C17H12Cl2N6S/c18-10-2-1-3-11(19)14(10)17-24-12-4-5-21-16(15(12)26-17)25-13-8-22-9(6-20)7-23-13/h1-5,7-8H,6,20H2,(H,21,23,25). The predicted octanol–water partition coefficient (Wildman–Crippen LogP) is 4.66. The molecule has 130 valence electrons. The Kier molecular flexibility index (Phi) is 4.69. The van der Waals surface area contributed by atoms with Gasteiger partial charge in [-0.25, -0.2) is 15.0 Å². The molecule has 3 N–H and O–H groups in total. The maximum atomic E-state index is 6.31. The third kappa shape index (κ3) is 3.22. The number of nitrogens with zero attached hydrogens (tertiary/aromatic N) is 4. The molecule has 0 aliphatic carbocycles. The fourth-order valence-electron chi connectivity index (χ4n) is 2.40. The van der Waals surface area contributed by atoms with Crippen LogP contribution in [0, 0.1) is 0 Å². The zero-order valence-electron chi connectivity index (χ0n) is 13.3. The minimum absolute atomic E-state index is 0.345. The highest BCUT2D eigenvalue weighted by molar-refractivity contribution is 7.22. The highest BCUT2D eigenvalue weighted by atomic mass is 35.5. The lowest BCUT2D eigenvalue weighted by Crippen LogP contribution is -2.02. The van der Waals surface area contributed by atoms with Crippen LogP contribution in [0.2, 0.25) is 10.0 Å². The van der Waals surface area contributed by atoms with Gasteiger partial charge in [-0.2, -0.15) is 0 Å². The summed E-state index contributed by atoms with van der Waals surface area (Å²) in [6.07, 6.45) is 4.93. The van der Waals surface area contributed by atoms with Crippen molar-refractivity contribution in [1.29, 1.82) is 0 Å². The van der Waals surface area contributed by atoms with Gasteiger partial charge in [0.15, 0.2) is 5.82 Å². The lowest BCUT2D eigenvalue weighted by Gasteiger charge is -2.05. The first-order valence-corrected chi connectivity index (χ1v) is 9.21. The Morgan fingerprint density at radius 1 is 1.04 bits per heavy atom. The Hall–Kier alpha value is -2.32. The van der Waals surface area contributed by atoms with Crippen LogP contribution in [0.4, 0.5) is 11.6 Å². The monoisotopic (exact) mass is 402 g/mol. The predicted molar refractivity (Wildman–Crippen MR) is 106 cm³/mol. The minimum atomic E-state index is 0.345. The van der Waals surface area contributed by atoms with Crippen LogP contribution in [0.5, 0.6) is 0 Å². The van der Waals surface area contributed by atoms with E-state index < -0.39 is 0 Å². The first kappa shape index (κ1) is 17.1. The fourth-order valence-corrected chi connectivity index (χ4v) is 4.17. The molecule has 0 radical (unpaired) electrons. The molecule has 3 aromatic heterocycles. The largest absolute Gasteiger partial charge is 0.325 e. The van der Waals surface area contributed by atoms with Gasteiger partial charge < -0.3 is 11.1 Å². The van der Waals surface area contributed by atoms with Crippen molar-refractivity contribution in [2.75, 3.05) is 5.32 Å². The molecular weight excluding hydrogens is 391 g/mol. The van der Waals surface area contributed by atoms with Gasteiger partial charge in [-0.05, 0) is 18.2 Å². The maximum absolute atomic E-state index is 6.31. The Balaban J connectivity index is 1.76. The minimum Gasteiger partial charge on any atom is -0.325 e. The van der Waals surface area contributed by atoms with Crippen molar-refractivity contribution in [1.82, 2.24) is 19.9 Å². The second-order valence-corrected chi connectivity index (χ2v) is 7.16. The molecular formula is C17H12Cl2N6S. The van der Waals surface area contributed by atoms with Crippen LogP contribution in [0.3, 0.4) is 0 Å². The molecule has 0 spiro atoms. The van der Waals surface area contributed by atoms with E-state index in [2.05, 4.69) is 25.3 Å². The number of anilines is 2. The average Bonchev–Trinajstić information content (AvgIpc) is 3.07. The molecule has 0 bridgehead atoms. The van der Waals surface area contributed by atoms with Crippen LogP contribution < -0.4 is 11.1 Å². The van der Waals surface area contributed by atoms with Crippen molar-refractivity contribution < 1.29 is 0 Å². The summed E-state index contributed by atoms with van der Waals surface area (Å²) in [7, 11) is 0. The lowest BCUT2D eigenvalue weighted by molar-refractivity contribution is 0.965. The Morgan fingerprint density at radius 2 is 1.85 bits per heavy atom. The van der Waals surface area contributed by atoms with Gasteiger partial charge in [0.25, 0.3) is 0 Å². The summed E-state index contributed by atoms with van der Waals surface area (Å²) in [6, 6.07) is 7.23. The number of nitrogens with two attached hydrogens (primary N) is 1. The van der Waals surface area contributed by atoms with E-state index in [1.54, 1.807) is 36.8 Å². The van der Waals surface area contributed by atoms with Crippen LogP contribution in [0.25, 0.3) is 20.8 Å². The number of pyridine rings is 1. The molecule has 0 amide bonds. The van der Waals surface area contributed by atoms with Gasteiger partial charge in [-0.15, -0.1) is 11.3 Å². The molecule has 0 saturated carbocycles. The van der Waals surface area contributed by atoms with Gasteiger partial charge in [0.05, 0.1) is 38.3 Å². The van der Waals surface area contributed by atoms with Gasteiger partial charge in [0.2, 0.25) is 0 Å². The first-order chi connectivity index (χ1) is 12.7. The number of halogens is 2. The zero-order chi connectivity index (χ0) is 18.1. The summed E-state index contributed by atoms with van der Waals surface area (Å²) in [4.78, 5) is 17.6. The third-order valence-corrected chi connectivity index (χ3v) is 5.37. The third-order valence-electron chi connectivity index (χ3n) is 3.64. The maximum Gasteiger partial charge on any atom is 0.151 e. The molecule has 6 nitrogen and oxygen atoms in total. The van der Waals surface area contributed by atoms with Crippen LogP contribution in [0.1, 0.15) is 5.69 Å². The summed E-state index contributed by atoms with van der Waals surface area (Å²) >= 11 is 14.1. The second kappa shape index (κ2) is 7.13. The van der Waals surface area contributed by atoms with Crippen molar-refractivity contribution in [3.05, 3.63) is 58.6 Å². The van der Waals surface area contributed by atoms with E-state index in [1.165, 1.54) is 11.3 Å². The number of hydrogen-bond donors (Lipinski definition) is 2. The van der Waals surface area contributed by atoms with E-state index >= 15 is 0 Å². The normalized spacial score (nSPS) is 11.0. The van der Waals surface area contributed by atoms with Gasteiger partial charge in [0.1, 0.15) is 10.8 Å². The number of nitrogens with one attached hydrogen (secondary N) is 1. The summed E-state index contributed by atoms with van der Waals surface area (Å²) in [5.41, 5.74) is 7.78. The summed E-state index contributed by atoms with van der Waals surface area (Å²) in [5, 5.41) is 5.02. The molecule has 0 aliphatic rings. The molecule has 4 aromatic rings. The summed E-state index contributed by atoms with van der Waals surface area (Å²) in [6.45, 7) is 0.345. The quantitative estimate of drug-likeness (QED) is 0.515. The van der Waals surface area contributed by atoms with Crippen LogP contribution in [0.15, 0.2) is 42.9 Å². The van der Waals surface area contributed by atoms with Crippen molar-refractivity contribution in [2.45, 2.75) is 6.54 Å². The number of aromatic nitrogens is 4. The van der Waals surface area contributed by atoms with Crippen molar-refractivity contribution in [3.8, 4) is 10.6 Å². The lowest BCUT2D eigenvalue weighted by atomic mass is 10.2. The van der Waals surface area contributed by atoms with Crippen LogP contribution in [-0.4, -0.2) is 19.9 Å². The smallest absolute Gasteiger partial charge is 0.151 e. The molecule has 3 heterocycles. The number of hydrogen-bond acceptors (Lipinski definition) is 7. The summed E-state index contributed by atoms with van der Waals surface area (Å²) in [5.74, 6) is 1.22. The molecule has 9 heteroatoms. The fraction of sp³-hybridized carbons (Fsp3) is 0.0588. The van der Waals surface area contributed by atoms with E-state index in [-0.39, 0.29) is 0 Å². The summed E-state index contributed by atoms with van der Waals surface area (Å²) < 4.78 is 0.878. The number of benzene rings is 1. The molecule has 0 aliphatic heterocycles. The van der Waals surface area contributed by atoms with Gasteiger partial charge in [0, 0.05) is 18.3 Å². The van der Waals surface area contributed by atoms with E-state index in [1.807, 2.05) is 6.07 Å². The zero-order valence-corrected chi connectivity index (χ0v) is 15.6. The van der Waals surface area contributed by atoms with Gasteiger partial charge in [-0.1, -0.05) is 29.3 Å². The highest BCUT2D eigenvalue weighted by Crippen LogP contribution is 2.40. The Bertz CT molecular complexity index is 1060. The molecule has 0 fully saturated rings. The van der Waals surface area contributed by atoms with E-state index in [4.69, 9.17) is 28.9 Å². The molecule has 4 rings (SSSR count). The number of fused-ring (bicyclic) bond motifs is 1. The van der Waals surface area contributed by atoms with Crippen LogP contribution >= 0.6 is 34.5 Å². The molecule has 0 unspecified atom stereocenters. The van der Waals surface area contributed by atoms with E-state index in [9.17, 15) is 0 Å². The van der Waals surface area contributed by atoms with E-state index in [0.29, 0.717) is 28.2 Å². The Labute approximate surface area is 163 Å². The number of thiazole rings is 1. The Morgan fingerprint density at radius 3 is 2.54 bits per heavy atom. The molecule has 1 aromatic carbocycles. The topological polar surface area (TPSA) is 89.6 Å². The molecule has 0 atom stereocenters. The van der Waals surface area contributed by atoms with E-state index in [0.717, 1.165) is 26.5 Å².